The molecule has 0 aliphatic heterocycles. The van der Waals surface area contributed by atoms with Gasteiger partial charge in [0.25, 0.3) is 10.1 Å². The Bertz CT molecular complexity index is 426. The van der Waals surface area contributed by atoms with E-state index in [1.807, 2.05) is 0 Å². The minimum absolute atomic E-state index is 0.101. The van der Waals surface area contributed by atoms with Crippen molar-refractivity contribution in [2.24, 2.45) is 22.7 Å². The summed E-state index contributed by atoms with van der Waals surface area (Å²) >= 11 is 0. The molecule has 2 aliphatic carbocycles. The Kier molecular flexibility index (Phi) is 2.90. The molecular formula is C12H20O4S. The number of carbonyl (C=O) groups excluding carboxylic acids is 1. The molecule has 0 aromatic carbocycles. The van der Waals surface area contributed by atoms with Gasteiger partial charge in [0, 0.05) is 6.42 Å². The van der Waals surface area contributed by atoms with Crippen molar-refractivity contribution >= 4 is 16.4 Å². The van der Waals surface area contributed by atoms with Crippen LogP contribution < -0.4 is 0 Å². The maximum absolute atomic E-state index is 11.3. The molecule has 0 radical (unpaired) electrons. The SMILES string of the molecule is CC1(C)C2CCC1(CS(=O)(=O)O)C(CC=O)C2. The van der Waals surface area contributed by atoms with Crippen LogP contribution in [0.2, 0.25) is 0 Å². The van der Waals surface area contributed by atoms with E-state index in [1.165, 1.54) is 0 Å². The zero-order valence-electron chi connectivity index (χ0n) is 10.3. The Balaban J connectivity index is 2.39. The van der Waals surface area contributed by atoms with Crippen LogP contribution in [0.5, 0.6) is 0 Å². The van der Waals surface area contributed by atoms with Gasteiger partial charge in [-0.25, -0.2) is 0 Å². The standard InChI is InChI=1S/C12H20O4S/c1-11(2)9-3-5-12(11,8-17(14,15)16)10(7-9)4-6-13/h6,9-10H,3-5,7-8H2,1-2H3,(H,14,15,16). The van der Waals surface area contributed by atoms with E-state index in [0.717, 1.165) is 25.5 Å². The van der Waals surface area contributed by atoms with Crippen molar-refractivity contribution in [3.05, 3.63) is 0 Å². The molecule has 0 heterocycles. The lowest BCUT2D eigenvalue weighted by Gasteiger charge is -2.41. The fourth-order valence-electron chi connectivity index (χ4n) is 4.37. The summed E-state index contributed by atoms with van der Waals surface area (Å²) in [5.74, 6) is 0.395. The van der Waals surface area contributed by atoms with Crippen LogP contribution in [0.3, 0.4) is 0 Å². The smallest absolute Gasteiger partial charge is 0.265 e. The van der Waals surface area contributed by atoms with Crippen molar-refractivity contribution in [2.45, 2.75) is 39.5 Å². The molecule has 17 heavy (non-hydrogen) atoms. The van der Waals surface area contributed by atoms with E-state index in [1.54, 1.807) is 0 Å². The molecule has 5 heteroatoms. The molecule has 2 saturated carbocycles. The van der Waals surface area contributed by atoms with E-state index in [-0.39, 0.29) is 17.1 Å². The lowest BCUT2D eigenvalue weighted by atomic mass is 9.66. The highest BCUT2D eigenvalue weighted by atomic mass is 32.2. The van der Waals surface area contributed by atoms with Crippen molar-refractivity contribution in [3.63, 3.8) is 0 Å². The van der Waals surface area contributed by atoms with Crippen molar-refractivity contribution < 1.29 is 17.8 Å². The Morgan fingerprint density at radius 1 is 1.41 bits per heavy atom. The third kappa shape index (κ3) is 1.83. The second kappa shape index (κ2) is 3.79. The fraction of sp³-hybridized carbons (Fsp3) is 0.917. The molecule has 0 aromatic rings. The molecule has 3 unspecified atom stereocenters. The first-order valence-electron chi connectivity index (χ1n) is 6.12. The van der Waals surface area contributed by atoms with Crippen LogP contribution in [0, 0.1) is 22.7 Å². The van der Waals surface area contributed by atoms with Crippen LogP contribution >= 0.6 is 0 Å². The van der Waals surface area contributed by atoms with Gasteiger partial charge in [0.2, 0.25) is 0 Å². The number of aldehydes is 1. The third-order valence-corrected chi connectivity index (χ3v) is 6.29. The van der Waals surface area contributed by atoms with Crippen LogP contribution in [0.15, 0.2) is 0 Å². The second-order valence-electron chi connectivity index (χ2n) is 6.17. The van der Waals surface area contributed by atoms with E-state index in [4.69, 9.17) is 0 Å². The Morgan fingerprint density at radius 3 is 2.53 bits per heavy atom. The van der Waals surface area contributed by atoms with Gasteiger partial charge >= 0.3 is 0 Å². The molecule has 2 bridgehead atoms. The van der Waals surface area contributed by atoms with Crippen molar-refractivity contribution in [1.82, 2.24) is 0 Å². The van der Waals surface area contributed by atoms with Gasteiger partial charge in [-0.1, -0.05) is 13.8 Å². The van der Waals surface area contributed by atoms with Crippen molar-refractivity contribution in [3.8, 4) is 0 Å². The molecule has 2 aliphatic rings. The van der Waals surface area contributed by atoms with Gasteiger partial charge in [0.15, 0.2) is 0 Å². The summed E-state index contributed by atoms with van der Waals surface area (Å²) < 4.78 is 31.7. The third-order valence-electron chi connectivity index (χ3n) is 5.41. The predicted molar refractivity (Wildman–Crippen MR) is 64.1 cm³/mol. The number of rotatable bonds is 4. The van der Waals surface area contributed by atoms with E-state index < -0.39 is 15.5 Å². The number of fused-ring (bicyclic) bond motifs is 2. The summed E-state index contributed by atoms with van der Waals surface area (Å²) in [6, 6.07) is 0. The Labute approximate surface area is 103 Å². The van der Waals surface area contributed by atoms with Gasteiger partial charge in [0.05, 0.1) is 5.75 Å². The molecule has 1 N–H and O–H groups in total. The minimum atomic E-state index is -3.99. The monoisotopic (exact) mass is 260 g/mol. The summed E-state index contributed by atoms with van der Waals surface area (Å²) in [7, 11) is -3.99. The molecule has 0 saturated heterocycles. The lowest BCUT2D eigenvalue weighted by Crippen LogP contribution is -2.41. The zero-order valence-corrected chi connectivity index (χ0v) is 11.2. The van der Waals surface area contributed by atoms with Crippen LogP contribution in [-0.4, -0.2) is 25.0 Å². The molecule has 2 rings (SSSR count). The van der Waals surface area contributed by atoms with Gasteiger partial charge in [-0.05, 0) is 41.9 Å². The number of carbonyl (C=O) groups is 1. The van der Waals surface area contributed by atoms with E-state index in [2.05, 4.69) is 13.8 Å². The number of hydrogen-bond donors (Lipinski definition) is 1. The molecule has 98 valence electrons. The molecule has 0 amide bonds. The van der Waals surface area contributed by atoms with Crippen molar-refractivity contribution in [1.29, 1.82) is 0 Å². The van der Waals surface area contributed by atoms with E-state index in [9.17, 15) is 17.8 Å². The highest BCUT2D eigenvalue weighted by molar-refractivity contribution is 7.85. The fourth-order valence-corrected chi connectivity index (χ4v) is 5.78. The molecule has 4 nitrogen and oxygen atoms in total. The molecule has 2 fully saturated rings. The first kappa shape index (κ1) is 13.0. The van der Waals surface area contributed by atoms with Gasteiger partial charge in [-0.15, -0.1) is 0 Å². The maximum Gasteiger partial charge on any atom is 0.265 e. The van der Waals surface area contributed by atoms with Crippen LogP contribution in [0.4, 0.5) is 0 Å². The predicted octanol–water partition coefficient (Wildman–Crippen LogP) is 1.91. The van der Waals surface area contributed by atoms with Crippen molar-refractivity contribution in [2.75, 3.05) is 5.75 Å². The molecule has 0 spiro atoms. The largest absolute Gasteiger partial charge is 0.303 e. The average molecular weight is 260 g/mol. The van der Waals surface area contributed by atoms with Crippen LogP contribution in [-0.2, 0) is 14.9 Å². The van der Waals surface area contributed by atoms with Gasteiger partial charge < -0.3 is 4.79 Å². The van der Waals surface area contributed by atoms with E-state index in [0.29, 0.717) is 12.3 Å². The normalized spacial score (nSPS) is 39.5. The maximum atomic E-state index is 11.3. The minimum Gasteiger partial charge on any atom is -0.303 e. The van der Waals surface area contributed by atoms with Crippen LogP contribution in [0.1, 0.15) is 39.5 Å². The lowest BCUT2D eigenvalue weighted by molar-refractivity contribution is -0.109. The number of hydrogen-bond acceptors (Lipinski definition) is 3. The Morgan fingerprint density at radius 2 is 2.06 bits per heavy atom. The topological polar surface area (TPSA) is 71.4 Å². The highest BCUT2D eigenvalue weighted by Crippen LogP contribution is 2.69. The van der Waals surface area contributed by atoms with E-state index >= 15 is 0 Å². The Hall–Kier alpha value is -0.420. The van der Waals surface area contributed by atoms with Gasteiger partial charge in [-0.2, -0.15) is 8.42 Å². The first-order valence-corrected chi connectivity index (χ1v) is 7.73. The highest BCUT2D eigenvalue weighted by Gasteiger charge is 2.64. The summed E-state index contributed by atoms with van der Waals surface area (Å²) in [5, 5.41) is 0. The second-order valence-corrected chi connectivity index (χ2v) is 7.63. The van der Waals surface area contributed by atoms with Crippen LogP contribution in [0.25, 0.3) is 0 Å². The summed E-state index contributed by atoms with van der Waals surface area (Å²) in [4.78, 5) is 10.7. The molecular weight excluding hydrogens is 240 g/mol. The quantitative estimate of drug-likeness (QED) is 0.619. The van der Waals surface area contributed by atoms with Gasteiger partial charge in [-0.3, -0.25) is 4.55 Å². The molecule has 3 atom stereocenters. The first-order chi connectivity index (χ1) is 7.73. The summed E-state index contributed by atoms with van der Waals surface area (Å²) in [5.41, 5.74) is -0.511. The zero-order chi connectivity index (χ0) is 12.9. The summed E-state index contributed by atoms with van der Waals surface area (Å²) in [6.45, 7) is 4.17. The molecule has 0 aromatic heterocycles. The summed E-state index contributed by atoms with van der Waals surface area (Å²) in [6.07, 6.45) is 4.03. The van der Waals surface area contributed by atoms with Gasteiger partial charge in [0.1, 0.15) is 6.29 Å². The average Bonchev–Trinajstić information content (AvgIpc) is 2.49.